The number of thiazole rings is 1. The van der Waals surface area contributed by atoms with Crippen LogP contribution in [0.5, 0.6) is 0 Å². The van der Waals surface area contributed by atoms with Gasteiger partial charge >= 0.3 is 0 Å². The van der Waals surface area contributed by atoms with E-state index in [0.29, 0.717) is 23.0 Å². The fraction of sp³-hybridized carbons (Fsp3) is 0.238. The van der Waals surface area contributed by atoms with Gasteiger partial charge in [-0.25, -0.2) is 4.98 Å². The molecule has 3 heterocycles. The predicted molar refractivity (Wildman–Crippen MR) is 120 cm³/mol. The third-order valence-electron chi connectivity index (χ3n) is 4.88. The van der Waals surface area contributed by atoms with Gasteiger partial charge < -0.3 is 14.9 Å². The minimum Gasteiger partial charge on any atom is -0.510 e. The second-order valence-electron chi connectivity index (χ2n) is 6.46. The average molecular weight is 411 g/mol. The lowest BCUT2D eigenvalue weighted by molar-refractivity contribution is 0.411. The SMILES string of the molecule is CCN(CC)c1ccc(N2CC(O)=C(c3nc(-c4cccs4)cs3)C2=N)cc1. The molecule has 2 N–H and O–H groups in total. The molecule has 5 nitrogen and oxygen atoms in total. The molecule has 1 aliphatic rings. The number of anilines is 2. The van der Waals surface area contributed by atoms with Crippen LogP contribution < -0.4 is 9.80 Å². The number of benzene rings is 1. The molecule has 0 spiro atoms. The number of aromatic nitrogens is 1. The van der Waals surface area contributed by atoms with E-state index in [1.165, 1.54) is 11.3 Å². The Morgan fingerprint density at radius 3 is 2.54 bits per heavy atom. The Morgan fingerprint density at radius 1 is 1.14 bits per heavy atom. The lowest BCUT2D eigenvalue weighted by atomic mass is 10.2. The molecular formula is C21H22N4OS2. The highest BCUT2D eigenvalue weighted by Gasteiger charge is 2.31. The summed E-state index contributed by atoms with van der Waals surface area (Å²) in [6, 6.07) is 12.2. The molecule has 0 aliphatic carbocycles. The molecule has 3 aromatic rings. The molecule has 4 rings (SSSR count). The molecule has 1 aliphatic heterocycles. The summed E-state index contributed by atoms with van der Waals surface area (Å²) in [5.74, 6) is 0.491. The van der Waals surface area contributed by atoms with Crippen molar-refractivity contribution in [3.05, 3.63) is 57.9 Å². The largest absolute Gasteiger partial charge is 0.510 e. The zero-order valence-electron chi connectivity index (χ0n) is 15.8. The van der Waals surface area contributed by atoms with Gasteiger partial charge in [0.1, 0.15) is 16.6 Å². The monoisotopic (exact) mass is 410 g/mol. The van der Waals surface area contributed by atoms with Crippen LogP contribution in [0, 0.1) is 5.41 Å². The van der Waals surface area contributed by atoms with Crippen LogP contribution in [-0.4, -0.2) is 35.6 Å². The van der Waals surface area contributed by atoms with Gasteiger partial charge in [0.2, 0.25) is 0 Å². The molecule has 28 heavy (non-hydrogen) atoms. The molecule has 7 heteroatoms. The molecular weight excluding hydrogens is 388 g/mol. The Balaban J connectivity index is 1.57. The van der Waals surface area contributed by atoms with Crippen LogP contribution in [-0.2, 0) is 0 Å². The third-order valence-corrected chi connectivity index (χ3v) is 6.64. The van der Waals surface area contributed by atoms with Crippen molar-refractivity contribution in [2.24, 2.45) is 0 Å². The van der Waals surface area contributed by atoms with E-state index in [0.717, 1.165) is 35.0 Å². The lowest BCUT2D eigenvalue weighted by Crippen LogP contribution is -2.26. The van der Waals surface area contributed by atoms with E-state index in [4.69, 9.17) is 5.41 Å². The topological polar surface area (TPSA) is 63.5 Å². The maximum Gasteiger partial charge on any atom is 0.139 e. The average Bonchev–Trinajstić information content (AvgIpc) is 3.44. The van der Waals surface area contributed by atoms with Gasteiger partial charge in [-0.1, -0.05) is 6.07 Å². The molecule has 0 fully saturated rings. The van der Waals surface area contributed by atoms with Crippen molar-refractivity contribution in [1.82, 2.24) is 4.98 Å². The van der Waals surface area contributed by atoms with Crippen LogP contribution >= 0.6 is 22.7 Å². The van der Waals surface area contributed by atoms with Crippen LogP contribution in [0.15, 0.2) is 52.9 Å². The zero-order chi connectivity index (χ0) is 19.7. The Morgan fingerprint density at radius 2 is 1.89 bits per heavy atom. The molecule has 144 valence electrons. The highest BCUT2D eigenvalue weighted by atomic mass is 32.1. The number of rotatable bonds is 6. The Hall–Kier alpha value is -2.64. The van der Waals surface area contributed by atoms with Gasteiger partial charge in [0.05, 0.1) is 22.7 Å². The number of aliphatic hydroxyl groups is 1. The first-order chi connectivity index (χ1) is 13.6. The van der Waals surface area contributed by atoms with Crippen molar-refractivity contribution >= 4 is 45.5 Å². The van der Waals surface area contributed by atoms with Crippen LogP contribution in [0.25, 0.3) is 16.1 Å². The summed E-state index contributed by atoms with van der Waals surface area (Å²) >= 11 is 3.10. The van der Waals surface area contributed by atoms with Crippen LogP contribution in [0.1, 0.15) is 18.9 Å². The fourth-order valence-electron chi connectivity index (χ4n) is 3.38. The van der Waals surface area contributed by atoms with Crippen molar-refractivity contribution in [2.75, 3.05) is 29.4 Å². The smallest absolute Gasteiger partial charge is 0.139 e. The summed E-state index contributed by atoms with van der Waals surface area (Å²) in [5.41, 5.74) is 3.49. The number of hydrogen-bond acceptors (Lipinski definition) is 6. The predicted octanol–water partition coefficient (Wildman–Crippen LogP) is 5.48. The standard InChI is InChI=1S/C21H22N4OS2/c1-3-24(4-2)14-7-9-15(10-8-14)25-12-17(26)19(20(25)22)21-23-16(13-28-21)18-6-5-11-27-18/h5-11,13,22,26H,3-4,12H2,1-2H3. The molecule has 0 bridgehead atoms. The van der Waals surface area contributed by atoms with Crippen LogP contribution in [0.3, 0.4) is 0 Å². The van der Waals surface area contributed by atoms with Gasteiger partial charge in [0.15, 0.2) is 0 Å². The zero-order valence-corrected chi connectivity index (χ0v) is 17.5. The van der Waals surface area contributed by atoms with Gasteiger partial charge in [0, 0.05) is 29.8 Å². The summed E-state index contributed by atoms with van der Waals surface area (Å²) < 4.78 is 0. The maximum atomic E-state index is 10.6. The van der Waals surface area contributed by atoms with Gasteiger partial charge in [-0.05, 0) is 49.6 Å². The van der Waals surface area contributed by atoms with Crippen LogP contribution in [0.2, 0.25) is 0 Å². The number of thiophene rings is 1. The van der Waals surface area contributed by atoms with Crippen LogP contribution in [0.4, 0.5) is 11.4 Å². The first-order valence-corrected chi connectivity index (χ1v) is 11.0. The third kappa shape index (κ3) is 3.31. The van der Waals surface area contributed by atoms with Crippen molar-refractivity contribution in [3.8, 4) is 10.6 Å². The van der Waals surface area contributed by atoms with E-state index in [1.807, 2.05) is 39.9 Å². The Bertz CT molecular complexity index is 1000. The molecule has 1 aromatic carbocycles. The van der Waals surface area contributed by atoms with Crippen molar-refractivity contribution in [1.29, 1.82) is 5.41 Å². The van der Waals surface area contributed by atoms with Gasteiger partial charge in [-0.2, -0.15) is 0 Å². The number of aliphatic hydroxyl groups excluding tert-OH is 1. The Kier molecular flexibility index (Phi) is 5.19. The molecule has 2 aromatic heterocycles. The molecule has 0 atom stereocenters. The normalized spacial score (nSPS) is 14.2. The van der Waals surface area contributed by atoms with Gasteiger partial charge in [0.25, 0.3) is 0 Å². The quantitative estimate of drug-likeness (QED) is 0.564. The summed E-state index contributed by atoms with van der Waals surface area (Å²) in [4.78, 5) is 9.86. The molecule has 0 saturated carbocycles. The number of nitrogens with zero attached hydrogens (tertiary/aromatic N) is 3. The van der Waals surface area contributed by atoms with E-state index in [1.54, 1.807) is 11.3 Å². The van der Waals surface area contributed by atoms with E-state index >= 15 is 0 Å². The minimum absolute atomic E-state index is 0.199. The summed E-state index contributed by atoms with van der Waals surface area (Å²) in [6.07, 6.45) is 0. The van der Waals surface area contributed by atoms with Crippen molar-refractivity contribution in [3.63, 3.8) is 0 Å². The molecule has 0 radical (unpaired) electrons. The highest BCUT2D eigenvalue weighted by Crippen LogP contribution is 2.35. The van der Waals surface area contributed by atoms with E-state index in [2.05, 4.69) is 35.9 Å². The number of nitrogens with one attached hydrogen (secondary N) is 1. The first-order valence-electron chi connectivity index (χ1n) is 9.25. The molecule has 0 amide bonds. The molecule has 0 unspecified atom stereocenters. The number of hydrogen-bond donors (Lipinski definition) is 2. The van der Waals surface area contributed by atoms with E-state index in [-0.39, 0.29) is 5.76 Å². The Labute approximate surface area is 172 Å². The van der Waals surface area contributed by atoms with Crippen molar-refractivity contribution < 1.29 is 5.11 Å². The summed E-state index contributed by atoms with van der Waals surface area (Å²) in [7, 11) is 0. The van der Waals surface area contributed by atoms with Gasteiger partial charge in [-0.3, -0.25) is 5.41 Å². The number of amidine groups is 1. The first kappa shape index (κ1) is 18.7. The second-order valence-corrected chi connectivity index (χ2v) is 8.27. The lowest BCUT2D eigenvalue weighted by Gasteiger charge is -2.23. The second kappa shape index (κ2) is 7.77. The van der Waals surface area contributed by atoms with Gasteiger partial charge in [-0.15, -0.1) is 22.7 Å². The summed E-state index contributed by atoms with van der Waals surface area (Å²) in [6.45, 7) is 6.49. The fourth-order valence-corrected chi connectivity index (χ4v) is 5.03. The van der Waals surface area contributed by atoms with Crippen molar-refractivity contribution in [2.45, 2.75) is 13.8 Å². The summed E-state index contributed by atoms with van der Waals surface area (Å²) in [5, 5.41) is 23.9. The van der Waals surface area contributed by atoms with E-state index in [9.17, 15) is 5.11 Å². The molecule has 0 saturated heterocycles. The highest BCUT2D eigenvalue weighted by molar-refractivity contribution is 7.14. The van der Waals surface area contributed by atoms with E-state index < -0.39 is 0 Å². The maximum absolute atomic E-state index is 10.6. The minimum atomic E-state index is 0.199.